The van der Waals surface area contributed by atoms with Gasteiger partial charge in [-0.3, -0.25) is 14.3 Å². The van der Waals surface area contributed by atoms with Crippen molar-refractivity contribution in [3.63, 3.8) is 0 Å². The summed E-state index contributed by atoms with van der Waals surface area (Å²) in [5.41, 5.74) is 0.267. The van der Waals surface area contributed by atoms with Crippen LogP contribution in [-0.2, 0) is 11.1 Å². The van der Waals surface area contributed by atoms with Crippen LogP contribution in [0.15, 0.2) is 29.1 Å². The molecular weight excluding hydrogens is 461 g/mol. The van der Waals surface area contributed by atoms with E-state index in [2.05, 4.69) is 30.7 Å². The summed E-state index contributed by atoms with van der Waals surface area (Å²) in [5.74, 6) is 2.62. The van der Waals surface area contributed by atoms with Gasteiger partial charge in [-0.05, 0) is 93.7 Å². The van der Waals surface area contributed by atoms with Crippen molar-refractivity contribution in [2.24, 2.45) is 23.2 Å². The van der Waals surface area contributed by atoms with Crippen LogP contribution < -0.4 is 11.0 Å². The van der Waals surface area contributed by atoms with Crippen LogP contribution in [-0.4, -0.2) is 42.9 Å². The molecule has 2 bridgehead atoms. The molecule has 1 aromatic heterocycles. The molecule has 4 fully saturated rings. The highest BCUT2D eigenvalue weighted by atomic mass is 31.2. The average molecular weight is 502 g/mol. The smallest absolute Gasteiger partial charge is 0.320 e. The van der Waals surface area contributed by atoms with Crippen molar-refractivity contribution in [1.82, 2.24) is 14.5 Å². The highest BCUT2D eigenvalue weighted by Crippen LogP contribution is 2.62. The van der Waals surface area contributed by atoms with Crippen LogP contribution in [0.3, 0.4) is 0 Å². The van der Waals surface area contributed by atoms with Crippen molar-refractivity contribution in [1.29, 1.82) is 0 Å². The third-order valence-electron chi connectivity index (χ3n) is 9.75. The molecule has 8 heteroatoms. The molecule has 1 saturated heterocycles. The van der Waals surface area contributed by atoms with Gasteiger partial charge in [0, 0.05) is 18.6 Å². The first-order valence-electron chi connectivity index (χ1n) is 13.4. The lowest BCUT2D eigenvalue weighted by atomic mass is 9.45. The zero-order chi connectivity index (χ0) is 25.0. The normalized spacial score (nSPS) is 30.8. The molecule has 1 aliphatic heterocycles. The van der Waals surface area contributed by atoms with Gasteiger partial charge in [-0.15, -0.1) is 0 Å². The summed E-state index contributed by atoms with van der Waals surface area (Å²) >= 11 is 0. The molecular formula is C27H40N3O4P. The van der Waals surface area contributed by atoms with Crippen molar-refractivity contribution in [2.75, 3.05) is 6.54 Å². The Morgan fingerprint density at radius 3 is 2.57 bits per heavy atom. The Morgan fingerprint density at radius 2 is 1.86 bits per heavy atom. The largest absolute Gasteiger partial charge is 0.380 e. The van der Waals surface area contributed by atoms with Crippen molar-refractivity contribution in [2.45, 2.75) is 90.8 Å². The second-order valence-electron chi connectivity index (χ2n) is 11.9. The first kappa shape index (κ1) is 25.1. The Labute approximate surface area is 208 Å². The fraction of sp³-hybridized carbons (Fsp3) is 0.704. The van der Waals surface area contributed by atoms with Crippen LogP contribution in [0.2, 0.25) is 0 Å². The van der Waals surface area contributed by atoms with E-state index in [1.165, 1.54) is 43.1 Å². The molecule has 0 radical (unpaired) electrons. The highest BCUT2D eigenvalue weighted by molar-refractivity contribution is 7.59. The van der Waals surface area contributed by atoms with Crippen molar-refractivity contribution >= 4 is 24.1 Å². The Hall–Kier alpha value is -1.53. The second kappa shape index (κ2) is 9.41. The lowest BCUT2D eigenvalue weighted by Gasteiger charge is -2.60. The van der Waals surface area contributed by atoms with Crippen LogP contribution in [0.5, 0.6) is 0 Å². The summed E-state index contributed by atoms with van der Waals surface area (Å²) in [6.07, 6.45) is 9.71. The fourth-order valence-electron chi connectivity index (χ4n) is 7.55. The zero-order valence-electron chi connectivity index (χ0n) is 21.3. The lowest BCUT2D eigenvalue weighted by molar-refractivity contribution is -0.109. The Bertz CT molecular complexity index is 1190. The fourth-order valence-corrected chi connectivity index (χ4v) is 8.15. The summed E-state index contributed by atoms with van der Waals surface area (Å²) in [6, 6.07) is 8.02. The van der Waals surface area contributed by atoms with E-state index in [0.717, 1.165) is 37.1 Å². The SMILES string of the molecule is C[C@H]1CCC[C@@H](CCn2c(=O)c(P(=O)(O)O)nc3ccccc32)N1CC[C@@H]1CC[C@H]2C[C@@H]1C2(C)C. The number of rotatable bonds is 7. The number of hydrogen-bond donors (Lipinski definition) is 2. The quantitative estimate of drug-likeness (QED) is 0.550. The number of likely N-dealkylation sites (tertiary alicyclic amines) is 1. The van der Waals surface area contributed by atoms with Crippen LogP contribution >= 0.6 is 7.60 Å². The van der Waals surface area contributed by atoms with Crippen LogP contribution in [0.25, 0.3) is 11.0 Å². The van der Waals surface area contributed by atoms with Crippen molar-refractivity contribution in [3.8, 4) is 0 Å². The first-order chi connectivity index (χ1) is 16.6. The topological polar surface area (TPSA) is 95.7 Å². The minimum Gasteiger partial charge on any atom is -0.320 e. The number of para-hydroxylation sites is 2. The number of fused-ring (bicyclic) bond motifs is 3. The van der Waals surface area contributed by atoms with Gasteiger partial charge in [-0.25, -0.2) is 4.98 Å². The Balaban J connectivity index is 1.33. The van der Waals surface area contributed by atoms with Gasteiger partial charge in [0.25, 0.3) is 5.56 Å². The van der Waals surface area contributed by atoms with E-state index in [1.54, 1.807) is 12.1 Å². The molecule has 2 heterocycles. The molecule has 4 aliphatic rings. The number of nitrogens with zero attached hydrogens (tertiary/aromatic N) is 3. The van der Waals surface area contributed by atoms with E-state index in [-0.39, 0.29) is 0 Å². The predicted molar refractivity (Wildman–Crippen MR) is 139 cm³/mol. The molecule has 0 unspecified atom stereocenters. The van der Waals surface area contributed by atoms with Gasteiger partial charge in [0.2, 0.25) is 5.44 Å². The van der Waals surface area contributed by atoms with Crippen molar-refractivity contribution in [3.05, 3.63) is 34.6 Å². The number of hydrogen-bond acceptors (Lipinski definition) is 4. The molecule has 192 valence electrons. The molecule has 7 nitrogen and oxygen atoms in total. The van der Waals surface area contributed by atoms with E-state index in [9.17, 15) is 19.1 Å². The predicted octanol–water partition coefficient (Wildman–Crippen LogP) is 4.30. The first-order valence-corrected chi connectivity index (χ1v) is 15.0. The average Bonchev–Trinajstić information content (AvgIpc) is 2.82. The third kappa shape index (κ3) is 4.66. The van der Waals surface area contributed by atoms with E-state index in [4.69, 9.17) is 0 Å². The molecule has 3 saturated carbocycles. The molecule has 5 atom stereocenters. The monoisotopic (exact) mass is 501 g/mol. The third-order valence-corrected chi connectivity index (χ3v) is 10.6. The summed E-state index contributed by atoms with van der Waals surface area (Å²) in [4.78, 5) is 39.2. The molecule has 6 rings (SSSR count). The minimum absolute atomic E-state index is 0.377. The zero-order valence-corrected chi connectivity index (χ0v) is 22.2. The molecule has 2 N–H and O–H groups in total. The van der Waals surface area contributed by atoms with E-state index in [0.29, 0.717) is 35.1 Å². The number of aromatic nitrogens is 2. The van der Waals surface area contributed by atoms with Crippen LogP contribution in [0, 0.1) is 23.2 Å². The van der Waals surface area contributed by atoms with Crippen LogP contribution in [0.4, 0.5) is 0 Å². The standard InChI is InChI=1S/C27H40N3O4P/c1-18-7-6-8-21(29(18)15-13-19-11-12-20-17-22(19)27(20,2)3)14-16-30-24-10-5-4-9-23(24)28-25(26(30)31)35(32,33)34/h4-5,9-10,18-22H,6-8,11-17H2,1-3H3,(H2,32,33,34)/t18-,19-,20-,21-,22-/m0/s1. The Kier molecular flexibility index (Phi) is 6.75. The van der Waals surface area contributed by atoms with E-state index in [1.807, 2.05) is 12.1 Å². The van der Waals surface area contributed by atoms with Gasteiger partial charge in [0.05, 0.1) is 11.0 Å². The van der Waals surface area contributed by atoms with Gasteiger partial charge in [0.15, 0.2) is 0 Å². The molecule has 35 heavy (non-hydrogen) atoms. The highest BCUT2D eigenvalue weighted by Gasteiger charge is 2.53. The van der Waals surface area contributed by atoms with Gasteiger partial charge in [0.1, 0.15) is 0 Å². The maximum Gasteiger partial charge on any atom is 0.380 e. The van der Waals surface area contributed by atoms with Crippen LogP contribution in [0.1, 0.15) is 72.1 Å². The van der Waals surface area contributed by atoms with E-state index >= 15 is 0 Å². The minimum atomic E-state index is -4.76. The van der Waals surface area contributed by atoms with Gasteiger partial charge >= 0.3 is 7.60 Å². The molecule has 0 amide bonds. The number of piperidine rings is 1. The Morgan fingerprint density at radius 1 is 1.09 bits per heavy atom. The van der Waals surface area contributed by atoms with Gasteiger partial charge in [-0.1, -0.05) is 32.4 Å². The summed E-state index contributed by atoms with van der Waals surface area (Å²) in [6.45, 7) is 8.80. The van der Waals surface area contributed by atoms with Gasteiger partial charge < -0.3 is 14.4 Å². The summed E-state index contributed by atoms with van der Waals surface area (Å²) in [7, 11) is -4.76. The number of benzene rings is 1. The maximum absolute atomic E-state index is 13.1. The molecule has 2 aromatic rings. The second-order valence-corrected chi connectivity index (χ2v) is 13.4. The van der Waals surface area contributed by atoms with Gasteiger partial charge in [-0.2, -0.15) is 0 Å². The number of aryl methyl sites for hydroxylation is 1. The molecule has 0 spiro atoms. The molecule has 3 aliphatic carbocycles. The lowest BCUT2D eigenvalue weighted by Crippen LogP contribution is -2.53. The van der Waals surface area contributed by atoms with E-state index < -0.39 is 18.6 Å². The summed E-state index contributed by atoms with van der Waals surface area (Å²) in [5, 5.41) is 0. The van der Waals surface area contributed by atoms with Crippen molar-refractivity contribution < 1.29 is 14.4 Å². The molecule has 1 aromatic carbocycles. The maximum atomic E-state index is 13.1. The summed E-state index contributed by atoms with van der Waals surface area (Å²) < 4.78 is 13.5.